The van der Waals surface area contributed by atoms with Gasteiger partial charge in [0, 0.05) is 18.7 Å². The third kappa shape index (κ3) is 3.59. The first-order valence-corrected chi connectivity index (χ1v) is 6.48. The monoisotopic (exact) mass is 244 g/mol. The van der Waals surface area contributed by atoms with Gasteiger partial charge in [-0.3, -0.25) is 4.79 Å². The number of carbonyl (C=O) groups excluding carboxylic acids is 1. The van der Waals surface area contributed by atoms with Crippen molar-refractivity contribution in [2.24, 2.45) is 0 Å². The van der Waals surface area contributed by atoms with Crippen LogP contribution in [0.4, 0.5) is 0 Å². The van der Waals surface area contributed by atoms with Crippen molar-refractivity contribution in [1.29, 1.82) is 5.26 Å². The lowest BCUT2D eigenvalue weighted by Gasteiger charge is -2.21. The molecule has 1 amide bonds. The van der Waals surface area contributed by atoms with Crippen LogP contribution in [-0.2, 0) is 6.42 Å². The van der Waals surface area contributed by atoms with E-state index in [2.05, 4.69) is 13.0 Å². The second-order valence-corrected chi connectivity index (χ2v) is 4.23. The Morgan fingerprint density at radius 3 is 2.67 bits per heavy atom. The number of unbranched alkanes of at least 4 members (excludes halogenated alkanes) is 1. The molecule has 1 rings (SSSR count). The number of hydrogen-bond acceptors (Lipinski definition) is 2. The molecule has 0 N–H and O–H groups in total. The highest BCUT2D eigenvalue weighted by Gasteiger charge is 2.16. The summed E-state index contributed by atoms with van der Waals surface area (Å²) >= 11 is 0. The molecule has 0 heterocycles. The molecule has 0 aliphatic carbocycles. The highest BCUT2D eigenvalue weighted by Crippen LogP contribution is 2.13. The first kappa shape index (κ1) is 14.2. The Hall–Kier alpha value is -1.82. The molecule has 0 aliphatic rings. The van der Waals surface area contributed by atoms with Crippen LogP contribution in [0.25, 0.3) is 0 Å². The topological polar surface area (TPSA) is 44.1 Å². The third-order valence-electron chi connectivity index (χ3n) is 2.97. The first-order chi connectivity index (χ1) is 8.74. The molecule has 0 fully saturated rings. The molecule has 0 saturated heterocycles. The van der Waals surface area contributed by atoms with E-state index >= 15 is 0 Å². The van der Waals surface area contributed by atoms with Crippen LogP contribution >= 0.6 is 0 Å². The van der Waals surface area contributed by atoms with Gasteiger partial charge in [-0.2, -0.15) is 5.26 Å². The molecule has 0 spiro atoms. The van der Waals surface area contributed by atoms with E-state index in [1.54, 1.807) is 0 Å². The maximum atomic E-state index is 12.4. The lowest BCUT2D eigenvalue weighted by Crippen LogP contribution is -2.32. The average Bonchev–Trinajstić information content (AvgIpc) is 2.40. The van der Waals surface area contributed by atoms with Gasteiger partial charge in [0.1, 0.15) is 0 Å². The van der Waals surface area contributed by atoms with Crippen molar-refractivity contribution < 1.29 is 4.79 Å². The van der Waals surface area contributed by atoms with Crippen LogP contribution in [0.3, 0.4) is 0 Å². The van der Waals surface area contributed by atoms with Crippen molar-refractivity contribution >= 4 is 5.91 Å². The highest BCUT2D eigenvalue weighted by atomic mass is 16.2. The van der Waals surface area contributed by atoms with Gasteiger partial charge >= 0.3 is 0 Å². The fourth-order valence-electron chi connectivity index (χ4n) is 1.89. The third-order valence-corrected chi connectivity index (χ3v) is 2.97. The number of hydrogen-bond donors (Lipinski definition) is 0. The van der Waals surface area contributed by atoms with Crippen LogP contribution in [0, 0.1) is 11.3 Å². The predicted molar refractivity (Wildman–Crippen MR) is 72.2 cm³/mol. The lowest BCUT2D eigenvalue weighted by atomic mass is 10.0. The Balaban J connectivity index is 2.91. The maximum Gasteiger partial charge on any atom is 0.254 e. The normalized spacial score (nSPS) is 9.83. The summed E-state index contributed by atoms with van der Waals surface area (Å²) in [5.41, 5.74) is 1.48. The van der Waals surface area contributed by atoms with Gasteiger partial charge < -0.3 is 4.90 Å². The van der Waals surface area contributed by atoms with Crippen LogP contribution in [0.1, 0.15) is 42.6 Å². The van der Waals surface area contributed by atoms with E-state index in [0.29, 0.717) is 12.1 Å². The highest BCUT2D eigenvalue weighted by molar-refractivity contribution is 5.95. The molecule has 1 aromatic carbocycles. The van der Waals surface area contributed by atoms with Crippen molar-refractivity contribution in [1.82, 2.24) is 4.90 Å². The Labute approximate surface area is 109 Å². The van der Waals surface area contributed by atoms with Gasteiger partial charge in [0.05, 0.1) is 12.5 Å². The summed E-state index contributed by atoms with van der Waals surface area (Å²) in [4.78, 5) is 14.2. The number of carbonyl (C=O) groups is 1. The Bertz CT molecular complexity index is 434. The number of benzene rings is 1. The summed E-state index contributed by atoms with van der Waals surface area (Å²) in [6.45, 7) is 5.59. The molecular formula is C15H20N2O. The Morgan fingerprint density at radius 1 is 1.33 bits per heavy atom. The molecule has 0 atom stereocenters. The van der Waals surface area contributed by atoms with E-state index < -0.39 is 0 Å². The van der Waals surface area contributed by atoms with Gasteiger partial charge in [0.2, 0.25) is 0 Å². The molecule has 3 nitrogen and oxygen atoms in total. The summed E-state index contributed by atoms with van der Waals surface area (Å²) in [7, 11) is 0. The van der Waals surface area contributed by atoms with Crippen LogP contribution in [-0.4, -0.2) is 23.9 Å². The largest absolute Gasteiger partial charge is 0.339 e. The summed E-state index contributed by atoms with van der Waals surface area (Å²) in [5.74, 6) is 0.0387. The minimum Gasteiger partial charge on any atom is -0.339 e. The summed E-state index contributed by atoms with van der Waals surface area (Å²) in [6, 6.07) is 9.48. The van der Waals surface area contributed by atoms with Crippen molar-refractivity contribution in [2.75, 3.05) is 13.1 Å². The zero-order valence-electron chi connectivity index (χ0n) is 11.1. The molecule has 18 heavy (non-hydrogen) atoms. The SMILES string of the molecule is CCCCN(CC)C(=O)c1ccccc1CC#N. The maximum absolute atomic E-state index is 12.4. The molecular weight excluding hydrogens is 224 g/mol. The predicted octanol–water partition coefficient (Wildman–Crippen LogP) is 3.01. The van der Waals surface area contributed by atoms with Crippen LogP contribution in [0.2, 0.25) is 0 Å². The van der Waals surface area contributed by atoms with Crippen LogP contribution in [0.5, 0.6) is 0 Å². The average molecular weight is 244 g/mol. The van der Waals surface area contributed by atoms with E-state index in [9.17, 15) is 4.79 Å². The first-order valence-electron chi connectivity index (χ1n) is 6.48. The summed E-state index contributed by atoms with van der Waals surface area (Å²) < 4.78 is 0. The van der Waals surface area contributed by atoms with Crippen molar-refractivity contribution in [3.05, 3.63) is 35.4 Å². The minimum absolute atomic E-state index is 0.0387. The molecule has 96 valence electrons. The summed E-state index contributed by atoms with van der Waals surface area (Å²) in [5, 5.41) is 8.79. The fraction of sp³-hybridized carbons (Fsp3) is 0.467. The van der Waals surface area contributed by atoms with E-state index in [1.165, 1.54) is 0 Å². The smallest absolute Gasteiger partial charge is 0.254 e. The number of rotatable bonds is 6. The van der Waals surface area contributed by atoms with Gasteiger partial charge in [-0.1, -0.05) is 31.5 Å². The van der Waals surface area contributed by atoms with Crippen LogP contribution in [0.15, 0.2) is 24.3 Å². The van der Waals surface area contributed by atoms with Crippen molar-refractivity contribution in [2.45, 2.75) is 33.1 Å². The lowest BCUT2D eigenvalue weighted by molar-refractivity contribution is 0.0761. The molecule has 1 aromatic rings. The molecule has 0 bridgehead atoms. The van der Waals surface area contributed by atoms with E-state index in [-0.39, 0.29) is 12.3 Å². The Morgan fingerprint density at radius 2 is 2.06 bits per heavy atom. The number of amides is 1. The van der Waals surface area contributed by atoms with Gasteiger partial charge in [-0.05, 0) is 25.0 Å². The van der Waals surface area contributed by atoms with Crippen molar-refractivity contribution in [3.63, 3.8) is 0 Å². The molecule has 3 heteroatoms. The quantitative estimate of drug-likeness (QED) is 0.772. The molecule has 0 radical (unpaired) electrons. The molecule has 0 unspecified atom stereocenters. The van der Waals surface area contributed by atoms with Crippen LogP contribution < -0.4 is 0 Å². The molecule has 0 aliphatic heterocycles. The molecule has 0 saturated carbocycles. The van der Waals surface area contributed by atoms with Gasteiger partial charge in [0.25, 0.3) is 5.91 Å². The van der Waals surface area contributed by atoms with Gasteiger partial charge in [0.15, 0.2) is 0 Å². The van der Waals surface area contributed by atoms with Crippen molar-refractivity contribution in [3.8, 4) is 6.07 Å². The number of nitrogens with zero attached hydrogens (tertiary/aromatic N) is 2. The second kappa shape index (κ2) is 7.50. The summed E-state index contributed by atoms with van der Waals surface area (Å²) in [6.07, 6.45) is 2.37. The standard InChI is InChI=1S/C15H20N2O/c1-3-5-12-17(4-2)15(18)14-9-7-6-8-13(14)10-11-16/h6-9H,3-5,10,12H2,1-2H3. The van der Waals surface area contributed by atoms with Gasteiger partial charge in [-0.25, -0.2) is 0 Å². The van der Waals surface area contributed by atoms with E-state index in [0.717, 1.165) is 24.9 Å². The number of nitriles is 1. The Kier molecular flexibility index (Phi) is 5.93. The van der Waals surface area contributed by atoms with E-state index in [4.69, 9.17) is 5.26 Å². The zero-order valence-corrected chi connectivity index (χ0v) is 11.1. The van der Waals surface area contributed by atoms with E-state index in [1.807, 2.05) is 36.1 Å². The fourth-order valence-corrected chi connectivity index (χ4v) is 1.89. The minimum atomic E-state index is 0.0387. The molecule has 0 aromatic heterocycles. The zero-order chi connectivity index (χ0) is 13.4. The van der Waals surface area contributed by atoms with Gasteiger partial charge in [-0.15, -0.1) is 0 Å². The second-order valence-electron chi connectivity index (χ2n) is 4.23.